The second-order valence-electron chi connectivity index (χ2n) is 7.97. The van der Waals surface area contributed by atoms with Gasteiger partial charge in [-0.1, -0.05) is 12.1 Å². The van der Waals surface area contributed by atoms with E-state index in [1.807, 2.05) is 31.2 Å². The molecule has 1 atom stereocenters. The van der Waals surface area contributed by atoms with Crippen LogP contribution < -0.4 is 10.6 Å². The second-order valence-corrected chi connectivity index (χ2v) is 7.97. The van der Waals surface area contributed by atoms with Crippen molar-refractivity contribution in [2.24, 2.45) is 0 Å². The van der Waals surface area contributed by atoms with Gasteiger partial charge in [0.05, 0.1) is 12.6 Å². The quantitative estimate of drug-likeness (QED) is 0.682. The van der Waals surface area contributed by atoms with E-state index in [2.05, 4.69) is 21.4 Å². The lowest BCUT2D eigenvalue weighted by molar-refractivity contribution is 0.187. The molecule has 2 saturated heterocycles. The van der Waals surface area contributed by atoms with Crippen LogP contribution in [0.15, 0.2) is 24.3 Å². The number of aromatic nitrogens is 4. The fourth-order valence-electron chi connectivity index (χ4n) is 4.27. The number of anilines is 2. The standard InChI is InChI=1S/C21H27N7O/c1-14-23-20(27-10-8-26(2)9-11-27)18-21(24-14)28(15-7-12-29-13-15)19(25-18)16-5-3-4-6-17(16)22/h3-6,15H,7-13,22H2,1-2H3. The van der Waals surface area contributed by atoms with Gasteiger partial charge in [0.1, 0.15) is 11.6 Å². The summed E-state index contributed by atoms with van der Waals surface area (Å²) < 4.78 is 7.92. The smallest absolute Gasteiger partial charge is 0.166 e. The largest absolute Gasteiger partial charge is 0.398 e. The zero-order valence-corrected chi connectivity index (χ0v) is 17.0. The minimum Gasteiger partial charge on any atom is -0.398 e. The molecule has 5 rings (SSSR count). The van der Waals surface area contributed by atoms with Crippen molar-refractivity contribution >= 4 is 22.7 Å². The number of hydrogen-bond acceptors (Lipinski definition) is 7. The predicted molar refractivity (Wildman–Crippen MR) is 114 cm³/mol. The van der Waals surface area contributed by atoms with E-state index in [4.69, 9.17) is 25.4 Å². The number of para-hydroxylation sites is 1. The highest BCUT2D eigenvalue weighted by atomic mass is 16.5. The van der Waals surface area contributed by atoms with Crippen molar-refractivity contribution in [3.8, 4) is 11.4 Å². The number of rotatable bonds is 3. The maximum absolute atomic E-state index is 6.33. The van der Waals surface area contributed by atoms with Crippen molar-refractivity contribution in [2.45, 2.75) is 19.4 Å². The number of benzene rings is 1. The summed E-state index contributed by atoms with van der Waals surface area (Å²) in [6.45, 7) is 7.27. The van der Waals surface area contributed by atoms with Crippen molar-refractivity contribution in [3.63, 3.8) is 0 Å². The Balaban J connectivity index is 1.73. The summed E-state index contributed by atoms with van der Waals surface area (Å²) in [7, 11) is 2.16. The fourth-order valence-corrected chi connectivity index (χ4v) is 4.27. The van der Waals surface area contributed by atoms with Gasteiger partial charge in [-0.25, -0.2) is 15.0 Å². The summed E-state index contributed by atoms with van der Waals surface area (Å²) in [5.41, 5.74) is 9.71. The summed E-state index contributed by atoms with van der Waals surface area (Å²) >= 11 is 0. The van der Waals surface area contributed by atoms with Crippen LogP contribution in [0.3, 0.4) is 0 Å². The van der Waals surface area contributed by atoms with Crippen molar-refractivity contribution in [1.82, 2.24) is 24.4 Å². The number of fused-ring (bicyclic) bond motifs is 1. The molecule has 2 aliphatic rings. The molecular weight excluding hydrogens is 366 g/mol. The van der Waals surface area contributed by atoms with E-state index in [-0.39, 0.29) is 6.04 Å². The third-order valence-electron chi connectivity index (χ3n) is 5.91. The number of ether oxygens (including phenoxy) is 1. The Morgan fingerprint density at radius 3 is 2.59 bits per heavy atom. The van der Waals surface area contributed by atoms with Crippen LogP contribution in [-0.4, -0.2) is 70.9 Å². The third kappa shape index (κ3) is 3.22. The fraction of sp³-hybridized carbons (Fsp3) is 0.476. The van der Waals surface area contributed by atoms with Crippen LogP contribution >= 0.6 is 0 Å². The van der Waals surface area contributed by atoms with E-state index in [1.165, 1.54) is 0 Å². The van der Waals surface area contributed by atoms with Gasteiger partial charge in [-0.15, -0.1) is 0 Å². The van der Waals surface area contributed by atoms with Crippen molar-refractivity contribution in [2.75, 3.05) is 57.1 Å². The van der Waals surface area contributed by atoms with Crippen LogP contribution in [0.1, 0.15) is 18.3 Å². The normalized spacial score (nSPS) is 20.6. The summed E-state index contributed by atoms with van der Waals surface area (Å²) in [6, 6.07) is 8.09. The Morgan fingerprint density at radius 2 is 1.86 bits per heavy atom. The summed E-state index contributed by atoms with van der Waals surface area (Å²) in [5.74, 6) is 2.54. The number of nitrogens with two attached hydrogens (primary N) is 1. The van der Waals surface area contributed by atoms with E-state index in [1.54, 1.807) is 0 Å². The van der Waals surface area contributed by atoms with Crippen LogP contribution in [0.25, 0.3) is 22.6 Å². The Morgan fingerprint density at radius 1 is 1.07 bits per heavy atom. The maximum atomic E-state index is 6.33. The van der Waals surface area contributed by atoms with Gasteiger partial charge in [0.2, 0.25) is 0 Å². The highest BCUT2D eigenvalue weighted by molar-refractivity contribution is 5.89. The molecule has 0 radical (unpaired) electrons. The summed E-state index contributed by atoms with van der Waals surface area (Å²) in [5, 5.41) is 0. The van der Waals surface area contributed by atoms with Gasteiger partial charge in [-0.2, -0.15) is 0 Å². The van der Waals surface area contributed by atoms with Crippen LogP contribution in [0.2, 0.25) is 0 Å². The number of aryl methyl sites for hydroxylation is 1. The topological polar surface area (TPSA) is 85.3 Å². The molecule has 2 aromatic heterocycles. The summed E-state index contributed by atoms with van der Waals surface area (Å²) in [6.07, 6.45) is 0.943. The SMILES string of the molecule is Cc1nc(N2CCN(C)CC2)c2nc(-c3ccccc3N)n(C3CCOC3)c2n1. The lowest BCUT2D eigenvalue weighted by Crippen LogP contribution is -2.45. The van der Waals surface area contributed by atoms with Crippen LogP contribution in [-0.2, 0) is 4.74 Å². The molecule has 8 heteroatoms. The van der Waals surface area contributed by atoms with Crippen LogP contribution in [0.4, 0.5) is 11.5 Å². The first kappa shape index (κ1) is 18.3. The second kappa shape index (κ2) is 7.27. The lowest BCUT2D eigenvalue weighted by atomic mass is 10.1. The number of nitrogen functional groups attached to an aromatic ring is 1. The number of imidazole rings is 1. The van der Waals surface area contributed by atoms with Gasteiger partial charge >= 0.3 is 0 Å². The number of nitrogens with zero attached hydrogens (tertiary/aromatic N) is 6. The minimum absolute atomic E-state index is 0.198. The van der Waals surface area contributed by atoms with E-state index in [9.17, 15) is 0 Å². The molecular formula is C21H27N7O. The molecule has 0 spiro atoms. The van der Waals surface area contributed by atoms with Crippen molar-refractivity contribution in [3.05, 3.63) is 30.1 Å². The zero-order valence-electron chi connectivity index (χ0n) is 17.0. The zero-order chi connectivity index (χ0) is 20.0. The molecule has 1 unspecified atom stereocenters. The molecule has 2 aliphatic heterocycles. The van der Waals surface area contributed by atoms with Crippen LogP contribution in [0, 0.1) is 6.92 Å². The molecule has 8 nitrogen and oxygen atoms in total. The predicted octanol–water partition coefficient (Wildman–Crippen LogP) is 2.10. The van der Waals surface area contributed by atoms with E-state index in [0.717, 1.165) is 73.4 Å². The van der Waals surface area contributed by atoms with E-state index >= 15 is 0 Å². The molecule has 4 heterocycles. The van der Waals surface area contributed by atoms with Gasteiger partial charge in [0.25, 0.3) is 0 Å². The first-order valence-corrected chi connectivity index (χ1v) is 10.2. The van der Waals surface area contributed by atoms with Gasteiger partial charge < -0.3 is 24.8 Å². The Kier molecular flexibility index (Phi) is 4.60. The van der Waals surface area contributed by atoms with Crippen molar-refractivity contribution < 1.29 is 4.74 Å². The third-order valence-corrected chi connectivity index (χ3v) is 5.91. The Bertz CT molecular complexity index is 1030. The molecule has 29 heavy (non-hydrogen) atoms. The Hall–Kier alpha value is -2.71. The molecule has 2 N–H and O–H groups in total. The highest BCUT2D eigenvalue weighted by Gasteiger charge is 2.29. The first-order chi connectivity index (χ1) is 14.1. The van der Waals surface area contributed by atoms with Gasteiger partial charge in [-0.05, 0) is 32.5 Å². The van der Waals surface area contributed by atoms with Crippen molar-refractivity contribution in [1.29, 1.82) is 0 Å². The molecule has 2 fully saturated rings. The average Bonchev–Trinajstić information content (AvgIpc) is 3.36. The molecule has 1 aromatic carbocycles. The molecule has 0 amide bonds. The van der Waals surface area contributed by atoms with Crippen LogP contribution in [0.5, 0.6) is 0 Å². The summed E-state index contributed by atoms with van der Waals surface area (Å²) in [4.78, 5) is 19.4. The molecule has 0 saturated carbocycles. The number of piperazine rings is 1. The Labute approximate surface area is 170 Å². The number of likely N-dealkylation sites (N-methyl/N-ethyl adjacent to an activating group) is 1. The monoisotopic (exact) mass is 393 g/mol. The van der Waals surface area contributed by atoms with E-state index in [0.29, 0.717) is 12.3 Å². The number of hydrogen-bond donors (Lipinski definition) is 1. The molecule has 0 aliphatic carbocycles. The maximum Gasteiger partial charge on any atom is 0.166 e. The highest BCUT2D eigenvalue weighted by Crippen LogP contribution is 2.36. The minimum atomic E-state index is 0.198. The van der Waals surface area contributed by atoms with Gasteiger partial charge in [0.15, 0.2) is 17.0 Å². The average molecular weight is 393 g/mol. The molecule has 3 aromatic rings. The van der Waals surface area contributed by atoms with Gasteiger partial charge in [-0.3, -0.25) is 0 Å². The van der Waals surface area contributed by atoms with Gasteiger partial charge in [0, 0.05) is 44.0 Å². The molecule has 0 bridgehead atoms. The van der Waals surface area contributed by atoms with E-state index < -0.39 is 0 Å². The lowest BCUT2D eigenvalue weighted by Gasteiger charge is -2.33. The molecule has 152 valence electrons. The first-order valence-electron chi connectivity index (χ1n) is 10.2.